The Bertz CT molecular complexity index is 370. The van der Waals surface area contributed by atoms with E-state index in [2.05, 4.69) is 17.1 Å². The molecule has 0 aliphatic heterocycles. The Hall–Kier alpha value is -1.08. The first-order valence-corrected chi connectivity index (χ1v) is 7.16. The molecule has 1 atom stereocenters. The minimum atomic E-state index is -0.963. The van der Waals surface area contributed by atoms with Crippen molar-refractivity contribution in [3.63, 3.8) is 0 Å². The van der Waals surface area contributed by atoms with E-state index < -0.39 is 12.0 Å². The molecule has 0 aromatic carbocycles. The van der Waals surface area contributed by atoms with Crippen LogP contribution in [0.1, 0.15) is 37.9 Å². The minimum Gasteiger partial charge on any atom is -0.480 e. The summed E-state index contributed by atoms with van der Waals surface area (Å²) in [5, 5.41) is 12.5. The van der Waals surface area contributed by atoms with Crippen LogP contribution in [-0.2, 0) is 17.0 Å². The molecule has 0 bridgehead atoms. The van der Waals surface area contributed by atoms with E-state index in [1.54, 1.807) is 11.8 Å². The molecular formula is C11H19N3O3S. The molecule has 3 N–H and O–H groups in total. The van der Waals surface area contributed by atoms with E-state index >= 15 is 0 Å². The molecule has 102 valence electrons. The summed E-state index contributed by atoms with van der Waals surface area (Å²) in [5.41, 5.74) is 5.39. The Labute approximate surface area is 110 Å². The molecule has 0 fully saturated rings. The molecule has 1 rings (SSSR count). The summed E-state index contributed by atoms with van der Waals surface area (Å²) >= 11 is 1.55. The SMILES string of the molecule is CCCCc1noc(CSCCC(N)C(=O)O)n1. The van der Waals surface area contributed by atoms with E-state index in [1.807, 2.05) is 0 Å². The van der Waals surface area contributed by atoms with Crippen LogP contribution in [0.15, 0.2) is 4.52 Å². The van der Waals surface area contributed by atoms with Gasteiger partial charge in [-0.05, 0) is 18.6 Å². The molecule has 1 unspecified atom stereocenters. The highest BCUT2D eigenvalue weighted by molar-refractivity contribution is 7.98. The predicted molar refractivity (Wildman–Crippen MR) is 69.3 cm³/mol. The van der Waals surface area contributed by atoms with E-state index in [0.29, 0.717) is 23.8 Å². The van der Waals surface area contributed by atoms with Crippen LogP contribution in [0, 0.1) is 0 Å². The number of carbonyl (C=O) groups is 1. The van der Waals surface area contributed by atoms with Gasteiger partial charge in [0.2, 0.25) is 5.89 Å². The number of hydrogen-bond acceptors (Lipinski definition) is 6. The number of rotatable bonds is 9. The highest BCUT2D eigenvalue weighted by atomic mass is 32.2. The first-order chi connectivity index (χ1) is 8.63. The molecular weight excluding hydrogens is 254 g/mol. The van der Waals surface area contributed by atoms with Gasteiger partial charge in [-0.15, -0.1) is 0 Å². The van der Waals surface area contributed by atoms with Crippen LogP contribution in [0.25, 0.3) is 0 Å². The van der Waals surface area contributed by atoms with Crippen molar-refractivity contribution in [2.45, 2.75) is 44.4 Å². The molecule has 0 radical (unpaired) electrons. The molecule has 0 saturated heterocycles. The summed E-state index contributed by atoms with van der Waals surface area (Å²) in [6.07, 6.45) is 3.44. The van der Waals surface area contributed by atoms with Crippen LogP contribution in [0.2, 0.25) is 0 Å². The number of thioether (sulfide) groups is 1. The Balaban J connectivity index is 2.19. The van der Waals surface area contributed by atoms with Crippen molar-refractivity contribution in [2.75, 3.05) is 5.75 Å². The molecule has 0 aliphatic rings. The molecule has 7 heteroatoms. The smallest absolute Gasteiger partial charge is 0.320 e. The Morgan fingerprint density at radius 2 is 2.39 bits per heavy atom. The molecule has 1 aromatic heterocycles. The lowest BCUT2D eigenvalue weighted by atomic mass is 10.2. The number of unbranched alkanes of at least 4 members (excludes halogenated alkanes) is 1. The normalized spacial score (nSPS) is 12.6. The fourth-order valence-electron chi connectivity index (χ4n) is 1.28. The first-order valence-electron chi connectivity index (χ1n) is 6.01. The summed E-state index contributed by atoms with van der Waals surface area (Å²) in [4.78, 5) is 14.7. The Kier molecular flexibility index (Phi) is 6.74. The summed E-state index contributed by atoms with van der Waals surface area (Å²) in [6.45, 7) is 2.11. The average Bonchev–Trinajstić information content (AvgIpc) is 2.79. The maximum atomic E-state index is 10.5. The van der Waals surface area contributed by atoms with Crippen LogP contribution in [0.3, 0.4) is 0 Å². The Morgan fingerprint density at radius 1 is 1.61 bits per heavy atom. The monoisotopic (exact) mass is 273 g/mol. The number of nitrogens with zero attached hydrogens (tertiary/aromatic N) is 2. The molecule has 0 spiro atoms. The molecule has 0 aliphatic carbocycles. The van der Waals surface area contributed by atoms with Crippen LogP contribution in [0.5, 0.6) is 0 Å². The second-order valence-electron chi connectivity index (χ2n) is 3.99. The van der Waals surface area contributed by atoms with Gasteiger partial charge in [0, 0.05) is 6.42 Å². The third-order valence-corrected chi connectivity index (χ3v) is 3.36. The zero-order valence-corrected chi connectivity index (χ0v) is 11.3. The van der Waals surface area contributed by atoms with Crippen molar-refractivity contribution in [3.05, 3.63) is 11.7 Å². The second kappa shape index (κ2) is 8.10. The van der Waals surface area contributed by atoms with Gasteiger partial charge in [0.25, 0.3) is 0 Å². The molecule has 0 saturated carbocycles. The lowest BCUT2D eigenvalue weighted by Gasteiger charge is -2.03. The van der Waals surface area contributed by atoms with Gasteiger partial charge in [-0.25, -0.2) is 0 Å². The van der Waals surface area contributed by atoms with Gasteiger partial charge < -0.3 is 15.4 Å². The average molecular weight is 273 g/mol. The summed E-state index contributed by atoms with van der Waals surface area (Å²) < 4.78 is 5.09. The first kappa shape index (κ1) is 15.0. The zero-order chi connectivity index (χ0) is 13.4. The van der Waals surface area contributed by atoms with E-state index in [4.69, 9.17) is 15.4 Å². The minimum absolute atomic E-state index is 0.441. The largest absolute Gasteiger partial charge is 0.480 e. The Morgan fingerprint density at radius 3 is 3.06 bits per heavy atom. The molecule has 6 nitrogen and oxygen atoms in total. The number of carboxylic acid groups (broad SMARTS) is 1. The lowest BCUT2D eigenvalue weighted by molar-refractivity contribution is -0.138. The van der Waals surface area contributed by atoms with Gasteiger partial charge in [0.05, 0.1) is 5.75 Å². The highest BCUT2D eigenvalue weighted by Gasteiger charge is 2.11. The third kappa shape index (κ3) is 5.50. The van der Waals surface area contributed by atoms with Gasteiger partial charge in [-0.3, -0.25) is 4.79 Å². The highest BCUT2D eigenvalue weighted by Crippen LogP contribution is 2.12. The van der Waals surface area contributed by atoms with Gasteiger partial charge in [-0.2, -0.15) is 16.7 Å². The fraction of sp³-hybridized carbons (Fsp3) is 0.727. The van der Waals surface area contributed by atoms with E-state index in [9.17, 15) is 4.79 Å². The van der Waals surface area contributed by atoms with Gasteiger partial charge in [-0.1, -0.05) is 18.5 Å². The standard InChI is InChI=1S/C11H19N3O3S/c1-2-3-4-9-13-10(17-14-9)7-18-6-5-8(12)11(15)16/h8H,2-7,12H2,1H3,(H,15,16). The van der Waals surface area contributed by atoms with Gasteiger partial charge >= 0.3 is 5.97 Å². The van der Waals surface area contributed by atoms with Crippen LogP contribution >= 0.6 is 11.8 Å². The maximum Gasteiger partial charge on any atom is 0.320 e. The van der Waals surface area contributed by atoms with Gasteiger partial charge in [0.1, 0.15) is 6.04 Å². The number of nitrogens with two attached hydrogens (primary N) is 1. The lowest BCUT2D eigenvalue weighted by Crippen LogP contribution is -2.30. The quantitative estimate of drug-likeness (QED) is 0.656. The number of aryl methyl sites for hydroxylation is 1. The van der Waals surface area contributed by atoms with Crippen molar-refractivity contribution < 1.29 is 14.4 Å². The number of carboxylic acids is 1. The summed E-state index contributed by atoms with van der Waals surface area (Å²) in [7, 11) is 0. The zero-order valence-electron chi connectivity index (χ0n) is 10.5. The fourth-order valence-corrected chi connectivity index (χ4v) is 2.14. The maximum absolute atomic E-state index is 10.5. The van der Waals surface area contributed by atoms with Crippen molar-refractivity contribution in [1.29, 1.82) is 0 Å². The topological polar surface area (TPSA) is 102 Å². The molecule has 18 heavy (non-hydrogen) atoms. The van der Waals surface area contributed by atoms with Crippen LogP contribution in [0.4, 0.5) is 0 Å². The van der Waals surface area contributed by atoms with Crippen molar-refractivity contribution >= 4 is 17.7 Å². The summed E-state index contributed by atoms with van der Waals surface area (Å²) in [6, 6.07) is -0.791. The van der Waals surface area contributed by atoms with Crippen molar-refractivity contribution in [2.24, 2.45) is 5.73 Å². The van der Waals surface area contributed by atoms with Crippen LogP contribution in [-0.4, -0.2) is 33.0 Å². The van der Waals surface area contributed by atoms with Gasteiger partial charge in [0.15, 0.2) is 5.82 Å². The molecule has 1 aromatic rings. The molecule has 1 heterocycles. The number of aromatic nitrogens is 2. The molecule has 0 amide bonds. The van der Waals surface area contributed by atoms with E-state index in [0.717, 1.165) is 25.1 Å². The van der Waals surface area contributed by atoms with E-state index in [1.165, 1.54) is 0 Å². The number of hydrogen-bond donors (Lipinski definition) is 2. The third-order valence-electron chi connectivity index (χ3n) is 2.38. The van der Waals surface area contributed by atoms with E-state index in [-0.39, 0.29) is 0 Å². The second-order valence-corrected chi connectivity index (χ2v) is 5.10. The van der Waals surface area contributed by atoms with Crippen molar-refractivity contribution in [3.8, 4) is 0 Å². The van der Waals surface area contributed by atoms with Crippen molar-refractivity contribution in [1.82, 2.24) is 10.1 Å². The predicted octanol–water partition coefficient (Wildman–Crippen LogP) is 1.45. The summed E-state index contributed by atoms with van der Waals surface area (Å²) in [5.74, 6) is 1.64. The van der Waals surface area contributed by atoms with Crippen LogP contribution < -0.4 is 5.73 Å². The number of aliphatic carboxylic acids is 1.